The third-order valence-electron chi connectivity index (χ3n) is 5.88. The molecule has 1 N–H and O–H groups in total. The van der Waals surface area contributed by atoms with Gasteiger partial charge in [-0.05, 0) is 36.8 Å². The van der Waals surface area contributed by atoms with Gasteiger partial charge in [0.2, 0.25) is 0 Å². The van der Waals surface area contributed by atoms with Crippen LogP contribution in [0.4, 0.5) is 26.2 Å². The van der Waals surface area contributed by atoms with E-state index in [-0.39, 0.29) is 23.3 Å². The Balaban J connectivity index is 1.34. The predicted octanol–water partition coefficient (Wildman–Crippen LogP) is 4.19. The summed E-state index contributed by atoms with van der Waals surface area (Å²) in [5.74, 6) is -0.469. The van der Waals surface area contributed by atoms with Gasteiger partial charge >= 0.3 is 0 Å². The molecule has 2 aromatic carbocycles. The molecule has 6 nitrogen and oxygen atoms in total. The van der Waals surface area contributed by atoms with E-state index in [2.05, 4.69) is 20.1 Å². The molecule has 0 aliphatic carbocycles. The van der Waals surface area contributed by atoms with Gasteiger partial charge in [0.05, 0.1) is 42.4 Å². The van der Waals surface area contributed by atoms with Gasteiger partial charge in [0.15, 0.2) is 11.6 Å². The van der Waals surface area contributed by atoms with Crippen molar-refractivity contribution in [3.05, 3.63) is 59.8 Å². The van der Waals surface area contributed by atoms with Crippen LogP contribution in [0.15, 0.2) is 47.0 Å². The minimum absolute atomic E-state index is 0.114. The number of aryl methyl sites for hydroxylation is 1. The van der Waals surface area contributed by atoms with Gasteiger partial charge in [-0.2, -0.15) is 0 Å². The van der Waals surface area contributed by atoms with Crippen molar-refractivity contribution in [3.8, 4) is 11.3 Å². The Labute approximate surface area is 179 Å². The molecule has 0 radical (unpaired) electrons. The molecule has 5 rings (SSSR count). The van der Waals surface area contributed by atoms with Gasteiger partial charge in [-0.3, -0.25) is 4.90 Å². The summed E-state index contributed by atoms with van der Waals surface area (Å²) >= 11 is 0. The van der Waals surface area contributed by atoms with Crippen molar-refractivity contribution in [2.24, 2.45) is 0 Å². The fraction of sp³-hybridized carbons (Fsp3) is 0.348. The lowest BCUT2D eigenvalue weighted by molar-refractivity contribution is -0.0660. The van der Waals surface area contributed by atoms with E-state index in [0.29, 0.717) is 17.3 Å². The lowest BCUT2D eigenvalue weighted by Gasteiger charge is -2.43. The van der Waals surface area contributed by atoms with E-state index in [1.165, 1.54) is 12.3 Å². The molecule has 1 aromatic heterocycles. The molecule has 0 spiro atoms. The number of oxazole rings is 1. The molecular formula is C23H24F2N4O2. The fourth-order valence-corrected chi connectivity index (χ4v) is 4.07. The highest BCUT2D eigenvalue weighted by Crippen LogP contribution is 2.32. The molecule has 0 bridgehead atoms. The Hall–Kier alpha value is -2.97. The smallest absolute Gasteiger partial charge is 0.299 e. The number of aromatic nitrogens is 1. The number of hydrogen-bond acceptors (Lipinski definition) is 6. The van der Waals surface area contributed by atoms with Crippen LogP contribution in [-0.4, -0.2) is 55.3 Å². The second kappa shape index (κ2) is 8.28. The van der Waals surface area contributed by atoms with E-state index in [1.54, 1.807) is 24.3 Å². The van der Waals surface area contributed by atoms with Gasteiger partial charge < -0.3 is 19.4 Å². The summed E-state index contributed by atoms with van der Waals surface area (Å²) < 4.78 is 40.3. The van der Waals surface area contributed by atoms with Gasteiger partial charge in [0.1, 0.15) is 5.82 Å². The molecule has 0 unspecified atom stereocenters. The average Bonchev–Trinajstić information content (AvgIpc) is 3.18. The third-order valence-corrected chi connectivity index (χ3v) is 5.88. The molecule has 162 valence electrons. The molecule has 3 heterocycles. The highest BCUT2D eigenvalue weighted by Gasteiger charge is 2.30. The zero-order chi connectivity index (χ0) is 21.4. The monoisotopic (exact) mass is 426 g/mol. The Morgan fingerprint density at radius 3 is 2.55 bits per heavy atom. The first-order chi connectivity index (χ1) is 15.1. The first-order valence-electron chi connectivity index (χ1n) is 10.4. The molecule has 2 aliphatic heterocycles. The summed E-state index contributed by atoms with van der Waals surface area (Å²) in [5, 5.41) is 2.92. The van der Waals surface area contributed by atoms with Crippen LogP contribution in [0, 0.1) is 18.6 Å². The van der Waals surface area contributed by atoms with Crippen molar-refractivity contribution in [1.82, 2.24) is 9.88 Å². The summed E-state index contributed by atoms with van der Waals surface area (Å²) in [6.07, 6.45) is 1.43. The topological polar surface area (TPSA) is 53.8 Å². The molecule has 31 heavy (non-hydrogen) atoms. The van der Waals surface area contributed by atoms with E-state index in [0.717, 1.165) is 45.0 Å². The van der Waals surface area contributed by atoms with E-state index in [4.69, 9.17) is 9.15 Å². The van der Waals surface area contributed by atoms with Crippen LogP contribution in [0.3, 0.4) is 0 Å². The molecule has 0 atom stereocenters. The molecule has 2 saturated heterocycles. The Bertz CT molecular complexity index is 1080. The van der Waals surface area contributed by atoms with Crippen LogP contribution in [0.5, 0.6) is 0 Å². The number of nitrogens with one attached hydrogen (secondary N) is 1. The first kappa shape index (κ1) is 20.0. The predicted molar refractivity (Wildman–Crippen MR) is 115 cm³/mol. The quantitative estimate of drug-likeness (QED) is 0.660. The summed E-state index contributed by atoms with van der Waals surface area (Å²) in [5.41, 5.74) is 2.08. The van der Waals surface area contributed by atoms with Crippen LogP contribution in [0.25, 0.3) is 11.3 Å². The van der Waals surface area contributed by atoms with E-state index < -0.39 is 5.82 Å². The summed E-state index contributed by atoms with van der Waals surface area (Å²) in [6, 6.07) is 10.5. The largest absolute Gasteiger partial charge is 0.423 e. The number of benzene rings is 2. The van der Waals surface area contributed by atoms with Crippen LogP contribution < -0.4 is 10.2 Å². The van der Waals surface area contributed by atoms with E-state index in [9.17, 15) is 4.39 Å². The van der Waals surface area contributed by atoms with Crippen molar-refractivity contribution < 1.29 is 17.9 Å². The molecule has 0 amide bonds. The van der Waals surface area contributed by atoms with Gasteiger partial charge in [-0.15, -0.1) is 0 Å². The Morgan fingerprint density at radius 1 is 1.06 bits per heavy atom. The zero-order valence-corrected chi connectivity index (χ0v) is 17.3. The number of piperazine rings is 1. The maximum Gasteiger partial charge on any atom is 0.299 e. The minimum atomic E-state index is -0.401. The number of nitrogens with zero attached hydrogens (tertiary/aromatic N) is 3. The highest BCUT2D eigenvalue weighted by atomic mass is 19.1. The first-order valence-corrected chi connectivity index (χ1v) is 10.4. The van der Waals surface area contributed by atoms with Crippen molar-refractivity contribution >= 4 is 17.4 Å². The summed E-state index contributed by atoms with van der Waals surface area (Å²) in [4.78, 5) is 8.62. The van der Waals surface area contributed by atoms with Gasteiger partial charge in [0, 0.05) is 26.2 Å². The van der Waals surface area contributed by atoms with E-state index in [1.807, 2.05) is 13.0 Å². The zero-order valence-electron chi connectivity index (χ0n) is 17.3. The van der Waals surface area contributed by atoms with Crippen molar-refractivity contribution in [3.63, 3.8) is 0 Å². The lowest BCUT2D eigenvalue weighted by Crippen LogP contribution is -2.56. The average molecular weight is 426 g/mol. The second-order valence-corrected chi connectivity index (χ2v) is 7.99. The van der Waals surface area contributed by atoms with E-state index >= 15 is 4.39 Å². The van der Waals surface area contributed by atoms with Gasteiger partial charge in [0.25, 0.3) is 6.01 Å². The van der Waals surface area contributed by atoms with Crippen LogP contribution >= 0.6 is 0 Å². The van der Waals surface area contributed by atoms with Crippen molar-refractivity contribution in [2.75, 3.05) is 49.6 Å². The maximum absolute atomic E-state index is 15.4. The van der Waals surface area contributed by atoms with Gasteiger partial charge in [-0.1, -0.05) is 12.1 Å². The molecule has 0 saturated carbocycles. The summed E-state index contributed by atoms with van der Waals surface area (Å²) in [7, 11) is 0. The van der Waals surface area contributed by atoms with Crippen molar-refractivity contribution in [2.45, 2.75) is 13.0 Å². The minimum Gasteiger partial charge on any atom is -0.423 e. The number of hydrogen-bond donors (Lipinski definition) is 1. The summed E-state index contributed by atoms with van der Waals surface area (Å²) in [6.45, 7) is 6.79. The van der Waals surface area contributed by atoms with Crippen molar-refractivity contribution in [1.29, 1.82) is 0 Å². The normalized spacial score (nSPS) is 17.6. The number of ether oxygens (including phenoxy) is 1. The molecule has 3 aromatic rings. The number of halogens is 2. The van der Waals surface area contributed by atoms with Crippen LogP contribution in [-0.2, 0) is 4.74 Å². The maximum atomic E-state index is 15.4. The highest BCUT2D eigenvalue weighted by molar-refractivity contribution is 5.66. The molecular weight excluding hydrogens is 402 g/mol. The van der Waals surface area contributed by atoms with Crippen LogP contribution in [0.2, 0.25) is 0 Å². The van der Waals surface area contributed by atoms with Gasteiger partial charge in [-0.25, -0.2) is 13.8 Å². The Morgan fingerprint density at radius 2 is 1.84 bits per heavy atom. The number of anilines is 3. The van der Waals surface area contributed by atoms with Crippen LogP contribution in [0.1, 0.15) is 5.56 Å². The molecule has 2 aliphatic rings. The lowest BCUT2D eigenvalue weighted by atomic mass is 10.1. The fourth-order valence-electron chi connectivity index (χ4n) is 4.07. The number of rotatable bonds is 5. The molecule has 2 fully saturated rings. The second-order valence-electron chi connectivity index (χ2n) is 7.99. The Kier molecular flexibility index (Phi) is 5.33. The SMILES string of the molecule is Cc1cc(Nc2ncc(-c3ccccc3F)o2)c(F)c(N2CCN(C3COC3)CC2)c1. The molecule has 8 heteroatoms. The standard InChI is InChI=1S/C23H24F2N4O2/c1-15-10-19(27-23-26-12-21(31-23)17-4-2-3-5-18(17)24)22(25)20(11-15)29-8-6-28(7-9-29)16-13-30-14-16/h2-5,10-12,16H,6-9,13-14H2,1H3,(H,26,27). The third kappa shape index (κ3) is 4.00.